The molecule has 1 saturated heterocycles. The van der Waals surface area contributed by atoms with Crippen LogP contribution in [0.4, 0.5) is 0 Å². The van der Waals surface area contributed by atoms with Crippen molar-refractivity contribution >= 4 is 11.9 Å². The van der Waals surface area contributed by atoms with Crippen LogP contribution in [0.2, 0.25) is 0 Å². The van der Waals surface area contributed by atoms with E-state index in [0.717, 1.165) is 31.9 Å². The second-order valence-electron chi connectivity index (χ2n) is 8.15. The maximum Gasteiger partial charge on any atom is 0.223 e. The van der Waals surface area contributed by atoms with Crippen LogP contribution in [0, 0.1) is 5.92 Å². The Balaban J connectivity index is 1.51. The number of aliphatic imine (C=N–C) groups is 1. The molecule has 1 aliphatic carbocycles. The topological polar surface area (TPSA) is 68.8 Å². The number of nitrogens with one attached hydrogen (secondary N) is 3. The number of likely N-dealkylation sites (tertiary alicyclic amines) is 1. The first-order chi connectivity index (χ1) is 14.3. The molecule has 2 fully saturated rings. The first-order valence-corrected chi connectivity index (χ1v) is 11.4. The van der Waals surface area contributed by atoms with Crippen LogP contribution in [-0.4, -0.2) is 49.5 Å². The molecule has 1 aromatic rings. The highest BCUT2D eigenvalue weighted by Crippen LogP contribution is 2.28. The molecular weight excluding hydrogens is 362 g/mol. The third kappa shape index (κ3) is 7.69. The highest BCUT2D eigenvalue weighted by molar-refractivity contribution is 5.81. The summed E-state index contributed by atoms with van der Waals surface area (Å²) >= 11 is 0. The monoisotopic (exact) mass is 399 g/mol. The molecule has 1 heterocycles. The minimum absolute atomic E-state index is 0.191. The Morgan fingerprint density at radius 3 is 2.38 bits per heavy atom. The Morgan fingerprint density at radius 2 is 1.69 bits per heavy atom. The molecule has 6 nitrogen and oxygen atoms in total. The van der Waals surface area contributed by atoms with E-state index in [9.17, 15) is 4.79 Å². The van der Waals surface area contributed by atoms with Gasteiger partial charge in [-0.05, 0) is 56.8 Å². The lowest BCUT2D eigenvalue weighted by Gasteiger charge is -2.21. The molecule has 0 atom stereocenters. The van der Waals surface area contributed by atoms with Gasteiger partial charge in [-0.3, -0.25) is 9.69 Å². The van der Waals surface area contributed by atoms with E-state index in [1.165, 1.54) is 49.9 Å². The van der Waals surface area contributed by atoms with Crippen LogP contribution < -0.4 is 16.0 Å². The number of hydrogen-bond acceptors (Lipinski definition) is 3. The van der Waals surface area contributed by atoms with Crippen LogP contribution in [-0.2, 0) is 17.9 Å². The van der Waals surface area contributed by atoms with Crippen molar-refractivity contribution < 1.29 is 4.79 Å². The number of amides is 1. The third-order valence-electron chi connectivity index (χ3n) is 5.63. The van der Waals surface area contributed by atoms with Gasteiger partial charge in [-0.2, -0.15) is 0 Å². The van der Waals surface area contributed by atoms with Crippen LogP contribution in [0.25, 0.3) is 0 Å². The van der Waals surface area contributed by atoms with Crippen LogP contribution in [0.15, 0.2) is 29.3 Å². The molecule has 0 radical (unpaired) electrons. The first kappa shape index (κ1) is 21.6. The first-order valence-electron chi connectivity index (χ1n) is 11.4. The molecule has 2 aliphatic rings. The van der Waals surface area contributed by atoms with Crippen LogP contribution in [0.3, 0.4) is 0 Å². The molecule has 0 aromatic heterocycles. The van der Waals surface area contributed by atoms with E-state index in [0.29, 0.717) is 19.6 Å². The van der Waals surface area contributed by atoms with E-state index in [4.69, 9.17) is 4.99 Å². The molecule has 1 amide bonds. The Bertz CT molecular complexity index is 663. The summed E-state index contributed by atoms with van der Waals surface area (Å²) in [5, 5.41) is 9.62. The Morgan fingerprint density at radius 1 is 1.00 bits per heavy atom. The molecule has 1 saturated carbocycles. The van der Waals surface area contributed by atoms with Crippen molar-refractivity contribution in [1.82, 2.24) is 20.9 Å². The van der Waals surface area contributed by atoms with Gasteiger partial charge < -0.3 is 16.0 Å². The lowest BCUT2D eigenvalue weighted by Crippen LogP contribution is -2.41. The predicted molar refractivity (Wildman–Crippen MR) is 119 cm³/mol. The molecule has 160 valence electrons. The van der Waals surface area contributed by atoms with Crippen molar-refractivity contribution in [3.8, 4) is 0 Å². The van der Waals surface area contributed by atoms with Gasteiger partial charge in [-0.1, -0.05) is 37.1 Å². The summed E-state index contributed by atoms with van der Waals surface area (Å²) in [6, 6.07) is 8.66. The minimum atomic E-state index is 0.191. The van der Waals surface area contributed by atoms with Crippen molar-refractivity contribution in [2.24, 2.45) is 10.9 Å². The minimum Gasteiger partial charge on any atom is -0.357 e. The Labute approximate surface area is 175 Å². The summed E-state index contributed by atoms with van der Waals surface area (Å²) in [5.41, 5.74) is 2.67. The molecule has 3 N–H and O–H groups in total. The van der Waals surface area contributed by atoms with E-state index < -0.39 is 0 Å². The SMILES string of the molecule is CCNC(=NCc1ccccc1CN1CCCCCC1)NCCNC(=O)C1CC1. The van der Waals surface area contributed by atoms with Crippen molar-refractivity contribution in [3.05, 3.63) is 35.4 Å². The molecular formula is C23H37N5O. The molecule has 29 heavy (non-hydrogen) atoms. The summed E-state index contributed by atoms with van der Waals surface area (Å²) in [6.45, 7) is 8.28. The van der Waals surface area contributed by atoms with Crippen LogP contribution >= 0.6 is 0 Å². The molecule has 0 bridgehead atoms. The number of rotatable bonds is 9. The zero-order chi connectivity index (χ0) is 20.3. The number of benzene rings is 1. The van der Waals surface area contributed by atoms with Crippen molar-refractivity contribution in [2.75, 3.05) is 32.7 Å². The fourth-order valence-corrected chi connectivity index (χ4v) is 3.76. The van der Waals surface area contributed by atoms with Gasteiger partial charge in [-0.15, -0.1) is 0 Å². The lowest BCUT2D eigenvalue weighted by molar-refractivity contribution is -0.122. The fourth-order valence-electron chi connectivity index (χ4n) is 3.76. The highest BCUT2D eigenvalue weighted by Gasteiger charge is 2.28. The van der Waals surface area contributed by atoms with Gasteiger partial charge in [0.15, 0.2) is 5.96 Å². The van der Waals surface area contributed by atoms with Gasteiger partial charge in [0.1, 0.15) is 0 Å². The van der Waals surface area contributed by atoms with Gasteiger partial charge >= 0.3 is 0 Å². The molecule has 1 aliphatic heterocycles. The quantitative estimate of drug-likeness (QED) is 0.339. The summed E-state index contributed by atoms with van der Waals surface area (Å²) in [7, 11) is 0. The second-order valence-corrected chi connectivity index (χ2v) is 8.15. The smallest absolute Gasteiger partial charge is 0.223 e. The maximum atomic E-state index is 11.7. The Hall–Kier alpha value is -2.08. The predicted octanol–water partition coefficient (Wildman–Crippen LogP) is 2.64. The number of carbonyl (C=O) groups is 1. The van der Waals surface area contributed by atoms with Crippen molar-refractivity contribution in [2.45, 2.75) is 58.5 Å². The van der Waals surface area contributed by atoms with Gasteiger partial charge in [0, 0.05) is 32.1 Å². The van der Waals surface area contributed by atoms with E-state index in [1.54, 1.807) is 0 Å². The standard InChI is InChI=1S/C23H37N5O/c1-2-24-23(26-14-13-25-22(29)19-11-12-19)27-17-20-9-5-6-10-21(20)18-28-15-7-3-4-8-16-28/h5-6,9-10,19H,2-4,7-8,11-18H2,1H3,(H,25,29)(H2,24,26,27). The van der Waals surface area contributed by atoms with E-state index in [2.05, 4.69) is 52.0 Å². The fraction of sp³-hybridized carbons (Fsp3) is 0.652. The summed E-state index contributed by atoms with van der Waals surface area (Å²) < 4.78 is 0. The van der Waals surface area contributed by atoms with E-state index in [-0.39, 0.29) is 11.8 Å². The number of hydrogen-bond donors (Lipinski definition) is 3. The average molecular weight is 400 g/mol. The van der Waals surface area contributed by atoms with Gasteiger partial charge in [0.05, 0.1) is 6.54 Å². The highest BCUT2D eigenvalue weighted by atomic mass is 16.2. The van der Waals surface area contributed by atoms with Crippen molar-refractivity contribution in [3.63, 3.8) is 0 Å². The van der Waals surface area contributed by atoms with Crippen molar-refractivity contribution in [1.29, 1.82) is 0 Å². The van der Waals surface area contributed by atoms with E-state index >= 15 is 0 Å². The average Bonchev–Trinajstić information content (AvgIpc) is 3.58. The molecule has 0 unspecified atom stereocenters. The molecule has 0 spiro atoms. The Kier molecular flexibility index (Phi) is 8.81. The summed E-state index contributed by atoms with van der Waals surface area (Å²) in [5.74, 6) is 1.26. The number of nitrogens with zero attached hydrogens (tertiary/aromatic N) is 2. The summed E-state index contributed by atoms with van der Waals surface area (Å²) in [4.78, 5) is 19.1. The zero-order valence-corrected chi connectivity index (χ0v) is 17.9. The van der Waals surface area contributed by atoms with Gasteiger partial charge in [0.2, 0.25) is 5.91 Å². The number of carbonyl (C=O) groups excluding carboxylic acids is 1. The maximum absolute atomic E-state index is 11.7. The molecule has 6 heteroatoms. The second kappa shape index (κ2) is 11.8. The molecule has 1 aromatic carbocycles. The van der Waals surface area contributed by atoms with Gasteiger partial charge in [-0.25, -0.2) is 4.99 Å². The van der Waals surface area contributed by atoms with E-state index in [1.807, 2.05) is 0 Å². The zero-order valence-electron chi connectivity index (χ0n) is 17.9. The van der Waals surface area contributed by atoms with Crippen LogP contribution in [0.5, 0.6) is 0 Å². The normalized spacial score (nSPS) is 18.2. The van der Waals surface area contributed by atoms with Crippen LogP contribution in [0.1, 0.15) is 56.6 Å². The largest absolute Gasteiger partial charge is 0.357 e. The molecule has 3 rings (SSSR count). The lowest BCUT2D eigenvalue weighted by atomic mass is 10.1. The summed E-state index contributed by atoms with van der Waals surface area (Å²) in [6.07, 6.45) is 7.43. The third-order valence-corrected chi connectivity index (χ3v) is 5.63. The number of guanidine groups is 1. The van der Waals surface area contributed by atoms with Gasteiger partial charge in [0.25, 0.3) is 0 Å².